The van der Waals surface area contributed by atoms with Crippen LogP contribution in [0, 0.1) is 0 Å². The van der Waals surface area contributed by atoms with Gasteiger partial charge in [-0.2, -0.15) is 0 Å². The zero-order valence-electron chi connectivity index (χ0n) is 11.8. The van der Waals surface area contributed by atoms with E-state index in [1.807, 2.05) is 31.2 Å². The normalized spacial score (nSPS) is 12.8. The van der Waals surface area contributed by atoms with Crippen LogP contribution in [-0.2, 0) is 11.2 Å². The Bertz CT molecular complexity index is 474. The zero-order chi connectivity index (χ0) is 15.0. The number of hydrogen-bond acceptors (Lipinski definition) is 4. The molecule has 0 radical (unpaired) electrons. The molecule has 6 nitrogen and oxygen atoms in total. The first kappa shape index (κ1) is 15.8. The summed E-state index contributed by atoms with van der Waals surface area (Å²) in [6.07, 6.45) is 1.31. The minimum Gasteiger partial charge on any atom is -0.497 e. The number of amidine groups is 1. The van der Waals surface area contributed by atoms with Crippen LogP contribution >= 0.6 is 0 Å². The van der Waals surface area contributed by atoms with Gasteiger partial charge >= 0.3 is 0 Å². The van der Waals surface area contributed by atoms with Crippen LogP contribution in [0.3, 0.4) is 0 Å². The molecule has 0 fully saturated rings. The predicted molar refractivity (Wildman–Crippen MR) is 76.9 cm³/mol. The summed E-state index contributed by atoms with van der Waals surface area (Å²) in [5.74, 6) is 0.730. The summed E-state index contributed by atoms with van der Waals surface area (Å²) in [5.41, 5.74) is 6.32. The first-order chi connectivity index (χ1) is 9.58. The molecule has 0 aromatic heterocycles. The molecular weight excluding hydrogens is 258 g/mol. The molecule has 1 amide bonds. The molecule has 1 atom stereocenters. The van der Waals surface area contributed by atoms with Crippen molar-refractivity contribution in [1.82, 2.24) is 5.32 Å². The van der Waals surface area contributed by atoms with Gasteiger partial charge in [0.25, 0.3) is 0 Å². The lowest BCUT2D eigenvalue weighted by Crippen LogP contribution is -2.38. The molecule has 1 unspecified atom stereocenters. The van der Waals surface area contributed by atoms with Crippen LogP contribution in [0.1, 0.15) is 25.3 Å². The van der Waals surface area contributed by atoms with E-state index in [2.05, 4.69) is 10.5 Å². The molecule has 0 bridgehead atoms. The second kappa shape index (κ2) is 8.04. The van der Waals surface area contributed by atoms with Gasteiger partial charge in [-0.3, -0.25) is 4.79 Å². The fraction of sp³-hybridized carbons (Fsp3) is 0.429. The molecule has 0 aliphatic rings. The zero-order valence-corrected chi connectivity index (χ0v) is 11.8. The van der Waals surface area contributed by atoms with Crippen molar-refractivity contribution in [3.63, 3.8) is 0 Å². The largest absolute Gasteiger partial charge is 0.497 e. The molecule has 0 aliphatic heterocycles. The van der Waals surface area contributed by atoms with Crippen molar-refractivity contribution in [2.75, 3.05) is 7.11 Å². The Labute approximate surface area is 118 Å². The summed E-state index contributed by atoms with van der Waals surface area (Å²) in [5, 5.41) is 14.3. The van der Waals surface area contributed by atoms with Crippen LogP contribution in [0.15, 0.2) is 29.4 Å². The second-order valence-electron chi connectivity index (χ2n) is 4.50. The number of rotatable bonds is 7. The van der Waals surface area contributed by atoms with E-state index in [0.717, 1.165) is 11.3 Å². The third-order valence-corrected chi connectivity index (χ3v) is 2.94. The molecule has 20 heavy (non-hydrogen) atoms. The lowest BCUT2D eigenvalue weighted by Gasteiger charge is -2.16. The number of benzene rings is 1. The number of ether oxygens (including phenoxy) is 1. The SMILES string of the molecule is CCC(CC(N)=NO)NC(=O)Cc1cccc(OC)c1. The van der Waals surface area contributed by atoms with Gasteiger partial charge < -0.3 is 21.0 Å². The van der Waals surface area contributed by atoms with E-state index in [1.165, 1.54) is 0 Å². The lowest BCUT2D eigenvalue weighted by atomic mass is 10.1. The Morgan fingerprint density at radius 1 is 1.55 bits per heavy atom. The fourth-order valence-electron chi connectivity index (χ4n) is 1.84. The predicted octanol–water partition coefficient (Wildman–Crippen LogP) is 1.27. The molecule has 0 heterocycles. The molecule has 6 heteroatoms. The molecule has 0 saturated carbocycles. The van der Waals surface area contributed by atoms with Gasteiger partial charge in [-0.15, -0.1) is 0 Å². The highest BCUT2D eigenvalue weighted by Crippen LogP contribution is 2.13. The number of methoxy groups -OCH3 is 1. The van der Waals surface area contributed by atoms with Crippen molar-refractivity contribution < 1.29 is 14.7 Å². The van der Waals surface area contributed by atoms with Crippen LogP contribution in [0.5, 0.6) is 5.75 Å². The highest BCUT2D eigenvalue weighted by molar-refractivity contribution is 5.82. The number of nitrogens with zero attached hydrogens (tertiary/aromatic N) is 1. The fourth-order valence-corrected chi connectivity index (χ4v) is 1.84. The topological polar surface area (TPSA) is 96.9 Å². The third kappa shape index (κ3) is 5.17. The van der Waals surface area contributed by atoms with Crippen LogP contribution in [0.4, 0.5) is 0 Å². The van der Waals surface area contributed by atoms with Crippen molar-refractivity contribution in [1.29, 1.82) is 0 Å². The van der Waals surface area contributed by atoms with Crippen LogP contribution in [0.2, 0.25) is 0 Å². The molecule has 0 saturated heterocycles. The maximum absolute atomic E-state index is 12.0. The quantitative estimate of drug-likeness (QED) is 0.303. The Morgan fingerprint density at radius 3 is 2.90 bits per heavy atom. The summed E-state index contributed by atoms with van der Waals surface area (Å²) in [7, 11) is 1.59. The lowest BCUT2D eigenvalue weighted by molar-refractivity contribution is -0.121. The van der Waals surface area contributed by atoms with Gasteiger partial charge in [0, 0.05) is 12.5 Å². The molecule has 1 rings (SSSR count). The maximum atomic E-state index is 12.0. The monoisotopic (exact) mass is 279 g/mol. The highest BCUT2D eigenvalue weighted by Gasteiger charge is 2.13. The van der Waals surface area contributed by atoms with Gasteiger partial charge in [-0.05, 0) is 24.1 Å². The Balaban J connectivity index is 2.57. The maximum Gasteiger partial charge on any atom is 0.224 e. The van der Waals surface area contributed by atoms with Gasteiger partial charge in [0.2, 0.25) is 5.91 Å². The number of nitrogens with two attached hydrogens (primary N) is 1. The van der Waals surface area contributed by atoms with Crippen molar-refractivity contribution in [3.8, 4) is 5.75 Å². The van der Waals surface area contributed by atoms with Crippen molar-refractivity contribution in [2.24, 2.45) is 10.9 Å². The van der Waals surface area contributed by atoms with Crippen LogP contribution in [0.25, 0.3) is 0 Å². The summed E-state index contributed by atoms with van der Waals surface area (Å²) < 4.78 is 5.11. The summed E-state index contributed by atoms with van der Waals surface area (Å²) in [6.45, 7) is 1.93. The van der Waals surface area contributed by atoms with E-state index >= 15 is 0 Å². The highest BCUT2D eigenvalue weighted by atomic mass is 16.5. The molecule has 0 aliphatic carbocycles. The van der Waals surface area contributed by atoms with Crippen molar-refractivity contribution >= 4 is 11.7 Å². The number of oxime groups is 1. The Kier molecular flexibility index (Phi) is 6.36. The first-order valence-corrected chi connectivity index (χ1v) is 6.47. The van der Waals surface area contributed by atoms with Gasteiger partial charge in [-0.1, -0.05) is 24.2 Å². The van der Waals surface area contributed by atoms with Gasteiger partial charge in [0.1, 0.15) is 11.6 Å². The number of nitrogens with one attached hydrogen (secondary N) is 1. The third-order valence-electron chi connectivity index (χ3n) is 2.94. The van der Waals surface area contributed by atoms with Gasteiger partial charge in [0.05, 0.1) is 13.5 Å². The number of carbonyl (C=O) groups excluding carboxylic acids is 1. The van der Waals surface area contributed by atoms with E-state index in [0.29, 0.717) is 12.8 Å². The van der Waals surface area contributed by atoms with Crippen molar-refractivity contribution in [2.45, 2.75) is 32.2 Å². The van der Waals surface area contributed by atoms with E-state index in [9.17, 15) is 4.79 Å². The smallest absolute Gasteiger partial charge is 0.224 e. The van der Waals surface area contributed by atoms with E-state index in [4.69, 9.17) is 15.7 Å². The molecule has 1 aromatic carbocycles. The van der Waals surface area contributed by atoms with Crippen LogP contribution in [-0.4, -0.2) is 30.1 Å². The van der Waals surface area contributed by atoms with E-state index in [1.54, 1.807) is 7.11 Å². The minimum absolute atomic E-state index is 0.101. The summed E-state index contributed by atoms with van der Waals surface area (Å²) >= 11 is 0. The Hall–Kier alpha value is -2.24. The summed E-state index contributed by atoms with van der Waals surface area (Å²) in [4.78, 5) is 12.0. The van der Waals surface area contributed by atoms with Gasteiger partial charge in [-0.25, -0.2) is 0 Å². The number of carbonyl (C=O) groups is 1. The number of hydrogen-bond donors (Lipinski definition) is 3. The van der Waals surface area contributed by atoms with E-state index < -0.39 is 0 Å². The van der Waals surface area contributed by atoms with E-state index in [-0.39, 0.29) is 24.2 Å². The molecule has 4 N–H and O–H groups in total. The summed E-state index contributed by atoms with van der Waals surface area (Å²) in [6, 6.07) is 7.23. The second-order valence-corrected chi connectivity index (χ2v) is 4.50. The van der Waals surface area contributed by atoms with Gasteiger partial charge in [0.15, 0.2) is 0 Å². The van der Waals surface area contributed by atoms with Crippen LogP contribution < -0.4 is 15.8 Å². The average Bonchev–Trinajstić information content (AvgIpc) is 2.46. The Morgan fingerprint density at radius 2 is 2.30 bits per heavy atom. The first-order valence-electron chi connectivity index (χ1n) is 6.47. The molecule has 0 spiro atoms. The molecule has 1 aromatic rings. The molecule has 110 valence electrons. The number of amides is 1. The minimum atomic E-state index is -0.135. The average molecular weight is 279 g/mol. The molecular formula is C14H21N3O3. The van der Waals surface area contributed by atoms with Crippen molar-refractivity contribution in [3.05, 3.63) is 29.8 Å². The standard InChI is InChI=1S/C14H21N3O3/c1-3-11(9-13(15)17-19)16-14(18)8-10-5-4-6-12(7-10)20-2/h4-7,11,19H,3,8-9H2,1-2H3,(H2,15,17)(H,16,18).